The summed E-state index contributed by atoms with van der Waals surface area (Å²) in [7, 11) is 0. The third-order valence-electron chi connectivity index (χ3n) is 12.0. The maximum Gasteiger partial charge on any atom is 0.0618 e. The fourth-order valence-electron chi connectivity index (χ4n) is 9.70. The Morgan fingerprint density at radius 1 is 0.903 bits per heavy atom. The second kappa shape index (κ2) is 6.72. The quantitative estimate of drug-likeness (QED) is 0.483. The topological polar surface area (TPSA) is 40.5 Å². The lowest BCUT2D eigenvalue weighted by atomic mass is 9.35. The van der Waals surface area contributed by atoms with Crippen molar-refractivity contribution in [1.29, 1.82) is 0 Å². The van der Waals surface area contributed by atoms with Crippen LogP contribution in [-0.2, 0) is 0 Å². The molecule has 2 nitrogen and oxygen atoms in total. The molecule has 2 N–H and O–H groups in total. The molecule has 7 atom stereocenters. The molecule has 0 unspecified atom stereocenters. The second-order valence-electron chi connectivity index (χ2n) is 13.9. The molecule has 0 radical (unpaired) electrons. The monoisotopic (exact) mass is 426 g/mol. The van der Waals surface area contributed by atoms with Crippen molar-refractivity contribution in [2.75, 3.05) is 6.61 Å². The van der Waals surface area contributed by atoms with E-state index in [9.17, 15) is 10.2 Å². The van der Waals surface area contributed by atoms with Crippen LogP contribution in [0.4, 0.5) is 0 Å². The fourth-order valence-corrected chi connectivity index (χ4v) is 9.70. The normalized spacial score (nSPS) is 51.2. The summed E-state index contributed by atoms with van der Waals surface area (Å²) in [4.78, 5) is 0. The molecule has 0 aromatic heterocycles. The van der Waals surface area contributed by atoms with Gasteiger partial charge < -0.3 is 10.2 Å². The van der Waals surface area contributed by atoms with E-state index in [0.717, 1.165) is 19.3 Å². The minimum absolute atomic E-state index is 0.113. The summed E-state index contributed by atoms with van der Waals surface area (Å²) in [5.41, 5.74) is 6.10. The molecule has 0 aromatic rings. The van der Waals surface area contributed by atoms with Crippen molar-refractivity contribution in [3.63, 3.8) is 0 Å². The number of fused-ring (bicyclic) bond motifs is 6. The standard InChI is InChI=1S/C29H46O2/c1-25(2)13-9-19-10-15-28(5)21(20(19)17-25)7-8-23-26(3)14-12-24(31)27(4,18-30)22(26)11-16-29(23,28)6/h7,22-24,30-31H,8-18H2,1-6H3/t22-,23-,24+,26+,27+,28-,29-/m1/s1. The highest BCUT2D eigenvalue weighted by molar-refractivity contribution is 5.48. The van der Waals surface area contributed by atoms with E-state index >= 15 is 0 Å². The minimum atomic E-state index is -0.364. The molecule has 0 amide bonds. The Hall–Kier alpha value is -0.600. The Bertz CT molecular complexity index is 836. The molecule has 2 fully saturated rings. The molecule has 0 saturated heterocycles. The second-order valence-corrected chi connectivity index (χ2v) is 13.9. The van der Waals surface area contributed by atoms with Gasteiger partial charge in [-0.1, -0.05) is 53.2 Å². The molecule has 0 spiro atoms. The highest BCUT2D eigenvalue weighted by Gasteiger charge is 2.66. The number of allylic oxidation sites excluding steroid dienone is 4. The molecular weight excluding hydrogens is 380 g/mol. The molecule has 0 bridgehead atoms. The summed E-state index contributed by atoms with van der Waals surface area (Å²) < 4.78 is 0. The number of rotatable bonds is 1. The van der Waals surface area contributed by atoms with Crippen molar-refractivity contribution in [2.24, 2.45) is 38.9 Å². The summed E-state index contributed by atoms with van der Waals surface area (Å²) in [6, 6.07) is 0. The maximum absolute atomic E-state index is 10.9. The van der Waals surface area contributed by atoms with Gasteiger partial charge in [-0.3, -0.25) is 0 Å². The largest absolute Gasteiger partial charge is 0.396 e. The molecule has 5 aliphatic rings. The SMILES string of the molecule is CC1(C)CCC2=C(C1)C1=CC[C@@H]3[C@@]4(C)CC[C@H](O)[C@@](C)(CO)[C@@H]4CC[C@@]3(C)[C@]1(C)CC2. The van der Waals surface area contributed by atoms with E-state index in [-0.39, 0.29) is 29.0 Å². The van der Waals surface area contributed by atoms with Crippen LogP contribution in [0.2, 0.25) is 0 Å². The lowest BCUT2D eigenvalue weighted by Gasteiger charge is -2.69. The van der Waals surface area contributed by atoms with Crippen molar-refractivity contribution in [1.82, 2.24) is 0 Å². The highest BCUT2D eigenvalue weighted by atomic mass is 16.3. The molecule has 5 rings (SSSR count). The molecule has 2 saturated carbocycles. The molecule has 0 aromatic carbocycles. The van der Waals surface area contributed by atoms with Crippen molar-refractivity contribution in [3.05, 3.63) is 22.8 Å². The van der Waals surface area contributed by atoms with Crippen LogP contribution in [0.3, 0.4) is 0 Å². The van der Waals surface area contributed by atoms with E-state index in [1.54, 1.807) is 16.7 Å². The van der Waals surface area contributed by atoms with Crippen molar-refractivity contribution < 1.29 is 10.2 Å². The third-order valence-corrected chi connectivity index (χ3v) is 12.0. The average molecular weight is 427 g/mol. The summed E-state index contributed by atoms with van der Waals surface area (Å²) in [6.45, 7) is 15.0. The molecule has 31 heavy (non-hydrogen) atoms. The predicted octanol–water partition coefficient (Wildman–Crippen LogP) is 6.82. The fraction of sp³-hybridized carbons (Fsp3) is 0.862. The van der Waals surface area contributed by atoms with Gasteiger partial charge in [-0.05, 0) is 109 Å². The van der Waals surface area contributed by atoms with Crippen molar-refractivity contribution >= 4 is 0 Å². The number of aliphatic hydroxyl groups is 2. The van der Waals surface area contributed by atoms with Crippen LogP contribution in [0.5, 0.6) is 0 Å². The number of hydrogen-bond donors (Lipinski definition) is 2. The van der Waals surface area contributed by atoms with Gasteiger partial charge >= 0.3 is 0 Å². The summed E-state index contributed by atoms with van der Waals surface area (Å²) in [6.07, 6.45) is 14.4. The van der Waals surface area contributed by atoms with Crippen LogP contribution >= 0.6 is 0 Å². The average Bonchev–Trinajstić information content (AvgIpc) is 2.71. The van der Waals surface area contributed by atoms with Crippen LogP contribution in [0.1, 0.15) is 106 Å². The Morgan fingerprint density at radius 2 is 1.61 bits per heavy atom. The first-order valence-electron chi connectivity index (χ1n) is 13.1. The predicted molar refractivity (Wildman–Crippen MR) is 128 cm³/mol. The molecule has 0 heterocycles. The van der Waals surface area contributed by atoms with E-state index in [0.29, 0.717) is 22.7 Å². The first kappa shape index (κ1) is 22.2. The van der Waals surface area contributed by atoms with Gasteiger partial charge in [0.2, 0.25) is 0 Å². The first-order chi connectivity index (χ1) is 14.4. The number of aliphatic hydroxyl groups excluding tert-OH is 2. The summed E-state index contributed by atoms with van der Waals surface area (Å²) in [5.74, 6) is 1.06. The Kier molecular flexibility index (Phi) is 4.81. The van der Waals surface area contributed by atoms with Gasteiger partial charge in [0.05, 0.1) is 12.7 Å². The van der Waals surface area contributed by atoms with Gasteiger partial charge in [0.15, 0.2) is 0 Å². The molecular formula is C29H46O2. The smallest absolute Gasteiger partial charge is 0.0618 e. The van der Waals surface area contributed by atoms with E-state index in [1.165, 1.54) is 44.9 Å². The Labute approximate surface area is 190 Å². The van der Waals surface area contributed by atoms with E-state index in [1.807, 2.05) is 0 Å². The maximum atomic E-state index is 10.9. The summed E-state index contributed by atoms with van der Waals surface area (Å²) >= 11 is 0. The molecule has 0 aliphatic heterocycles. The minimum Gasteiger partial charge on any atom is -0.396 e. The molecule has 5 aliphatic carbocycles. The van der Waals surface area contributed by atoms with Gasteiger partial charge in [-0.15, -0.1) is 0 Å². The Balaban J connectivity index is 1.58. The van der Waals surface area contributed by atoms with Crippen LogP contribution in [-0.4, -0.2) is 22.9 Å². The van der Waals surface area contributed by atoms with Gasteiger partial charge in [0.1, 0.15) is 0 Å². The zero-order chi connectivity index (χ0) is 22.4. The molecule has 174 valence electrons. The van der Waals surface area contributed by atoms with E-state index < -0.39 is 0 Å². The van der Waals surface area contributed by atoms with Gasteiger partial charge in [-0.25, -0.2) is 0 Å². The van der Waals surface area contributed by atoms with Crippen molar-refractivity contribution in [3.8, 4) is 0 Å². The lowest BCUT2D eigenvalue weighted by Crippen LogP contribution is -2.64. The van der Waals surface area contributed by atoms with Crippen LogP contribution in [0, 0.1) is 38.9 Å². The van der Waals surface area contributed by atoms with E-state index in [2.05, 4.69) is 47.6 Å². The van der Waals surface area contributed by atoms with Crippen LogP contribution in [0.25, 0.3) is 0 Å². The highest BCUT2D eigenvalue weighted by Crippen LogP contribution is 2.73. The third kappa shape index (κ3) is 2.76. The van der Waals surface area contributed by atoms with Crippen molar-refractivity contribution in [2.45, 2.75) is 112 Å². The zero-order valence-corrected chi connectivity index (χ0v) is 21.0. The van der Waals surface area contributed by atoms with Gasteiger partial charge in [-0.2, -0.15) is 0 Å². The summed E-state index contributed by atoms with van der Waals surface area (Å²) in [5, 5.41) is 21.3. The zero-order valence-electron chi connectivity index (χ0n) is 21.0. The molecule has 2 heteroatoms. The van der Waals surface area contributed by atoms with E-state index in [4.69, 9.17) is 0 Å². The van der Waals surface area contributed by atoms with Gasteiger partial charge in [0.25, 0.3) is 0 Å². The Morgan fingerprint density at radius 3 is 2.32 bits per heavy atom. The number of hydrogen-bond acceptors (Lipinski definition) is 2. The van der Waals surface area contributed by atoms with Crippen LogP contribution < -0.4 is 0 Å². The van der Waals surface area contributed by atoms with Gasteiger partial charge in [0, 0.05) is 5.41 Å². The van der Waals surface area contributed by atoms with Crippen LogP contribution in [0.15, 0.2) is 22.8 Å². The lowest BCUT2D eigenvalue weighted by molar-refractivity contribution is -0.209. The first-order valence-corrected chi connectivity index (χ1v) is 13.1.